The molecule has 2 aromatic rings. The van der Waals surface area contributed by atoms with Crippen LogP contribution in [0.15, 0.2) is 24.3 Å². The molecule has 1 aromatic heterocycles. The fraction of sp³-hybridized carbons (Fsp3) is 0.167. The van der Waals surface area contributed by atoms with Gasteiger partial charge in [0.25, 0.3) is 0 Å². The summed E-state index contributed by atoms with van der Waals surface area (Å²) >= 11 is 0. The van der Waals surface area contributed by atoms with Crippen molar-refractivity contribution in [1.82, 2.24) is 9.97 Å². The van der Waals surface area contributed by atoms with E-state index in [-0.39, 0.29) is 35.2 Å². The van der Waals surface area contributed by atoms with Gasteiger partial charge >= 0.3 is 12.3 Å². The zero-order valence-electron chi connectivity index (χ0n) is 11.1. The van der Waals surface area contributed by atoms with E-state index in [0.717, 1.165) is 0 Å². The molecule has 1 aromatic carbocycles. The lowest BCUT2D eigenvalue weighted by Crippen LogP contribution is -2.10. The number of hydrogen-bond donors (Lipinski definition) is 2. The van der Waals surface area contributed by atoms with Gasteiger partial charge in [0.1, 0.15) is 11.4 Å². The van der Waals surface area contributed by atoms with Crippen LogP contribution in [0.1, 0.15) is 11.3 Å². The number of halogens is 2. The lowest BCUT2D eigenvalue weighted by Gasteiger charge is -2.11. The maximum Gasteiger partial charge on any atom is 0.387 e. The number of nitrogens with two attached hydrogens (primary N) is 2. The number of aromatic nitrogens is 2. The lowest BCUT2D eigenvalue weighted by atomic mass is 10.1. The number of ether oxygens (including phenoxy) is 1. The molecule has 0 radical (unpaired) electrons. The van der Waals surface area contributed by atoms with Gasteiger partial charge in [-0.15, -0.1) is 0 Å². The average Bonchev–Trinajstić information content (AvgIpc) is 2.39. The SMILES string of the molecule is Nc1nc(N)c([N+](=O)[O-])c(Cc2ccccc2OC(F)F)n1. The minimum absolute atomic E-state index is 0.0830. The largest absolute Gasteiger partial charge is 0.435 e. The second-order valence-electron chi connectivity index (χ2n) is 4.18. The van der Waals surface area contributed by atoms with Crippen molar-refractivity contribution >= 4 is 17.5 Å². The fourth-order valence-electron chi connectivity index (χ4n) is 1.90. The van der Waals surface area contributed by atoms with Crippen molar-refractivity contribution in [3.05, 3.63) is 45.6 Å². The molecule has 4 N–H and O–H groups in total. The molecule has 0 unspecified atom stereocenters. The van der Waals surface area contributed by atoms with Gasteiger partial charge in [0.2, 0.25) is 11.8 Å². The third kappa shape index (κ3) is 3.34. The zero-order chi connectivity index (χ0) is 16.3. The van der Waals surface area contributed by atoms with Crippen LogP contribution in [0.25, 0.3) is 0 Å². The van der Waals surface area contributed by atoms with Gasteiger partial charge in [-0.3, -0.25) is 10.1 Å². The van der Waals surface area contributed by atoms with E-state index in [4.69, 9.17) is 11.5 Å². The predicted molar refractivity (Wildman–Crippen MR) is 73.4 cm³/mol. The number of para-hydroxylation sites is 1. The number of alkyl halides is 2. The number of hydrogen-bond acceptors (Lipinski definition) is 7. The summed E-state index contributed by atoms with van der Waals surface area (Å²) in [6.45, 7) is -3.02. The highest BCUT2D eigenvalue weighted by Crippen LogP contribution is 2.29. The van der Waals surface area contributed by atoms with Crippen LogP contribution < -0.4 is 16.2 Å². The number of benzene rings is 1. The number of nitro groups is 1. The Hall–Kier alpha value is -3.04. The maximum atomic E-state index is 12.4. The van der Waals surface area contributed by atoms with Crippen LogP contribution in [0.3, 0.4) is 0 Å². The Labute approximate surface area is 122 Å². The summed E-state index contributed by atoms with van der Waals surface area (Å²) in [6.07, 6.45) is -0.157. The van der Waals surface area contributed by atoms with Gasteiger partial charge in [-0.2, -0.15) is 13.8 Å². The molecule has 22 heavy (non-hydrogen) atoms. The van der Waals surface area contributed by atoms with Crippen molar-refractivity contribution in [3.63, 3.8) is 0 Å². The third-order valence-corrected chi connectivity index (χ3v) is 2.73. The molecule has 0 saturated heterocycles. The van der Waals surface area contributed by atoms with Crippen LogP contribution in [0.2, 0.25) is 0 Å². The van der Waals surface area contributed by atoms with E-state index in [9.17, 15) is 18.9 Å². The van der Waals surface area contributed by atoms with Crippen LogP contribution in [-0.4, -0.2) is 21.5 Å². The molecule has 0 fully saturated rings. The second-order valence-corrected chi connectivity index (χ2v) is 4.18. The summed E-state index contributed by atoms with van der Waals surface area (Å²) in [5.74, 6) is -0.743. The molecule has 0 saturated carbocycles. The van der Waals surface area contributed by atoms with Crippen molar-refractivity contribution in [2.24, 2.45) is 0 Å². The van der Waals surface area contributed by atoms with Gasteiger partial charge in [-0.25, -0.2) is 4.98 Å². The molecule has 1 heterocycles. The molecule has 0 atom stereocenters. The van der Waals surface area contributed by atoms with Crippen LogP contribution in [0.4, 0.5) is 26.2 Å². The van der Waals surface area contributed by atoms with Crippen LogP contribution in [0, 0.1) is 10.1 Å². The molecule has 0 amide bonds. The number of nitrogen functional groups attached to an aromatic ring is 2. The van der Waals surface area contributed by atoms with Crippen molar-refractivity contribution < 1.29 is 18.4 Å². The normalized spacial score (nSPS) is 10.7. The van der Waals surface area contributed by atoms with Gasteiger partial charge in [-0.1, -0.05) is 18.2 Å². The summed E-state index contributed by atoms with van der Waals surface area (Å²) in [7, 11) is 0. The first-order valence-corrected chi connectivity index (χ1v) is 5.97. The van der Waals surface area contributed by atoms with Crippen LogP contribution in [0.5, 0.6) is 5.75 Å². The van der Waals surface area contributed by atoms with Gasteiger partial charge in [0, 0.05) is 12.0 Å². The van der Waals surface area contributed by atoms with E-state index in [1.165, 1.54) is 18.2 Å². The van der Waals surface area contributed by atoms with Crippen LogP contribution in [-0.2, 0) is 6.42 Å². The molecule has 8 nitrogen and oxygen atoms in total. The Morgan fingerprint density at radius 2 is 1.95 bits per heavy atom. The van der Waals surface area contributed by atoms with E-state index in [0.29, 0.717) is 0 Å². The summed E-state index contributed by atoms with van der Waals surface area (Å²) in [4.78, 5) is 17.6. The Morgan fingerprint density at radius 3 is 2.59 bits per heavy atom. The fourth-order valence-corrected chi connectivity index (χ4v) is 1.90. The molecule has 10 heteroatoms. The van der Waals surface area contributed by atoms with Crippen molar-refractivity contribution in [1.29, 1.82) is 0 Å². The topological polar surface area (TPSA) is 130 Å². The molecule has 116 valence electrons. The second kappa shape index (κ2) is 6.16. The first kappa shape index (κ1) is 15.4. The van der Waals surface area contributed by atoms with E-state index >= 15 is 0 Å². The molecular formula is C12H11F2N5O3. The Kier molecular flexibility index (Phi) is 4.30. The van der Waals surface area contributed by atoms with Crippen molar-refractivity contribution in [3.8, 4) is 5.75 Å². The first-order chi connectivity index (χ1) is 10.4. The van der Waals surface area contributed by atoms with Gasteiger partial charge in [-0.05, 0) is 6.07 Å². The van der Waals surface area contributed by atoms with Gasteiger partial charge < -0.3 is 16.2 Å². The summed E-state index contributed by atoms with van der Waals surface area (Å²) in [5, 5.41) is 11.1. The molecule has 0 aliphatic heterocycles. The summed E-state index contributed by atoms with van der Waals surface area (Å²) in [5.41, 5.74) is 10.6. The van der Waals surface area contributed by atoms with Gasteiger partial charge in [0.15, 0.2) is 0 Å². The monoisotopic (exact) mass is 311 g/mol. The average molecular weight is 311 g/mol. The maximum absolute atomic E-state index is 12.4. The van der Waals surface area contributed by atoms with Crippen molar-refractivity contribution in [2.45, 2.75) is 13.0 Å². The molecule has 2 rings (SSSR count). The Bertz CT molecular complexity index is 711. The highest BCUT2D eigenvalue weighted by Gasteiger charge is 2.23. The minimum atomic E-state index is -3.02. The Morgan fingerprint density at radius 1 is 1.27 bits per heavy atom. The standard InChI is InChI=1S/C12H11F2N5O3/c13-11(14)22-8-4-2-1-3-6(8)5-7-9(19(20)21)10(15)18-12(16)17-7/h1-4,11H,5H2,(H4,15,16,17,18). The molecule has 0 aliphatic carbocycles. The molecule has 0 bridgehead atoms. The van der Waals surface area contributed by atoms with E-state index in [1.807, 2.05) is 0 Å². The lowest BCUT2D eigenvalue weighted by molar-refractivity contribution is -0.385. The number of nitrogens with zero attached hydrogens (tertiary/aromatic N) is 3. The quantitative estimate of drug-likeness (QED) is 0.635. The van der Waals surface area contributed by atoms with Crippen LogP contribution >= 0.6 is 0 Å². The molecular weight excluding hydrogens is 300 g/mol. The van der Waals surface area contributed by atoms with E-state index in [2.05, 4.69) is 14.7 Å². The third-order valence-electron chi connectivity index (χ3n) is 2.73. The summed E-state index contributed by atoms with van der Waals surface area (Å²) in [6, 6.07) is 5.88. The minimum Gasteiger partial charge on any atom is -0.435 e. The highest BCUT2D eigenvalue weighted by molar-refractivity contribution is 5.58. The molecule has 0 spiro atoms. The van der Waals surface area contributed by atoms with Gasteiger partial charge in [0.05, 0.1) is 4.92 Å². The number of anilines is 2. The van der Waals surface area contributed by atoms with E-state index in [1.54, 1.807) is 6.07 Å². The summed E-state index contributed by atoms with van der Waals surface area (Å²) < 4.78 is 29.1. The highest BCUT2D eigenvalue weighted by atomic mass is 19.3. The predicted octanol–water partition coefficient (Wildman–Crippen LogP) is 1.74. The molecule has 0 aliphatic rings. The Balaban J connectivity index is 2.45. The number of rotatable bonds is 5. The van der Waals surface area contributed by atoms with Crippen molar-refractivity contribution in [2.75, 3.05) is 11.5 Å². The zero-order valence-corrected chi connectivity index (χ0v) is 11.1. The smallest absolute Gasteiger partial charge is 0.387 e. The van der Waals surface area contributed by atoms with E-state index < -0.39 is 17.2 Å². The first-order valence-electron chi connectivity index (χ1n) is 5.97.